The molecule has 0 spiro atoms. The number of nitrogens with zero attached hydrogens (tertiary/aromatic N) is 1. The van der Waals surface area contributed by atoms with Gasteiger partial charge in [-0.2, -0.15) is 5.10 Å². The van der Waals surface area contributed by atoms with Gasteiger partial charge in [-0.3, -0.25) is 0 Å². The van der Waals surface area contributed by atoms with Gasteiger partial charge in [0.2, 0.25) is 0 Å². The first-order chi connectivity index (χ1) is 7.03. The molecule has 0 amide bonds. The number of rotatable bonds is 3. The maximum absolute atomic E-state index is 4.35. The Morgan fingerprint density at radius 3 is 2.27 bits per heavy atom. The van der Waals surface area contributed by atoms with Gasteiger partial charge >= 0.3 is 0 Å². The SMILES string of the molecule is CN/N=C(\CC(C)(C)C)c1ccccc1. The molecule has 1 aromatic rings. The highest BCUT2D eigenvalue weighted by molar-refractivity contribution is 6.00. The molecule has 0 fully saturated rings. The van der Waals surface area contributed by atoms with Gasteiger partial charge in [-0.15, -0.1) is 0 Å². The van der Waals surface area contributed by atoms with E-state index in [1.54, 1.807) is 0 Å². The van der Waals surface area contributed by atoms with Crippen LogP contribution in [0.3, 0.4) is 0 Å². The summed E-state index contributed by atoms with van der Waals surface area (Å²) in [6, 6.07) is 10.3. The van der Waals surface area contributed by atoms with Crippen molar-refractivity contribution in [1.29, 1.82) is 0 Å². The van der Waals surface area contributed by atoms with Crippen molar-refractivity contribution in [2.45, 2.75) is 27.2 Å². The first kappa shape index (κ1) is 11.8. The molecule has 0 aromatic heterocycles. The summed E-state index contributed by atoms with van der Waals surface area (Å²) in [6.45, 7) is 6.67. The molecule has 0 bridgehead atoms. The lowest BCUT2D eigenvalue weighted by Gasteiger charge is -2.19. The predicted octanol–water partition coefficient (Wildman–Crippen LogP) is 3.05. The third kappa shape index (κ3) is 4.15. The van der Waals surface area contributed by atoms with Crippen LogP contribution in [0.5, 0.6) is 0 Å². The maximum Gasteiger partial charge on any atom is 0.0680 e. The molecule has 2 heteroatoms. The smallest absolute Gasteiger partial charge is 0.0680 e. The highest BCUT2D eigenvalue weighted by Crippen LogP contribution is 2.21. The van der Waals surface area contributed by atoms with Gasteiger partial charge in [-0.1, -0.05) is 51.1 Å². The van der Waals surface area contributed by atoms with Crippen LogP contribution in [-0.4, -0.2) is 12.8 Å². The Balaban J connectivity index is 2.90. The normalized spacial score (nSPS) is 12.7. The minimum absolute atomic E-state index is 0.255. The second-order valence-electron chi connectivity index (χ2n) is 4.89. The van der Waals surface area contributed by atoms with E-state index in [1.165, 1.54) is 5.56 Å². The first-order valence-corrected chi connectivity index (χ1v) is 5.32. The molecule has 0 atom stereocenters. The molecule has 0 aliphatic carbocycles. The Morgan fingerprint density at radius 2 is 1.80 bits per heavy atom. The molecule has 0 unspecified atom stereocenters. The summed E-state index contributed by atoms with van der Waals surface area (Å²) in [5, 5.41) is 4.35. The molecule has 2 nitrogen and oxygen atoms in total. The van der Waals surface area contributed by atoms with Crippen molar-refractivity contribution in [2.75, 3.05) is 7.05 Å². The quantitative estimate of drug-likeness (QED) is 0.594. The highest BCUT2D eigenvalue weighted by Gasteiger charge is 2.15. The molecule has 0 heterocycles. The number of hydrazone groups is 1. The number of benzene rings is 1. The largest absolute Gasteiger partial charge is 0.313 e. The van der Waals surface area contributed by atoms with E-state index in [2.05, 4.69) is 43.4 Å². The number of hydrogen-bond acceptors (Lipinski definition) is 2. The van der Waals surface area contributed by atoms with Crippen LogP contribution >= 0.6 is 0 Å². The van der Waals surface area contributed by atoms with E-state index in [9.17, 15) is 0 Å². The van der Waals surface area contributed by atoms with Gasteiger partial charge < -0.3 is 5.43 Å². The van der Waals surface area contributed by atoms with Crippen molar-refractivity contribution >= 4 is 5.71 Å². The monoisotopic (exact) mass is 204 g/mol. The van der Waals surface area contributed by atoms with E-state index in [-0.39, 0.29) is 5.41 Å². The zero-order valence-corrected chi connectivity index (χ0v) is 10.0. The Hall–Kier alpha value is -1.31. The fraction of sp³-hybridized carbons (Fsp3) is 0.462. The lowest BCUT2D eigenvalue weighted by atomic mass is 9.87. The number of nitrogens with one attached hydrogen (secondary N) is 1. The molecular weight excluding hydrogens is 184 g/mol. The molecule has 15 heavy (non-hydrogen) atoms. The van der Waals surface area contributed by atoms with Gasteiger partial charge in [0.05, 0.1) is 5.71 Å². The molecule has 0 aliphatic heterocycles. The van der Waals surface area contributed by atoms with Gasteiger partial charge in [0, 0.05) is 7.05 Å². The van der Waals surface area contributed by atoms with Gasteiger partial charge in [-0.25, -0.2) is 0 Å². The van der Waals surface area contributed by atoms with Crippen molar-refractivity contribution in [3.63, 3.8) is 0 Å². The minimum atomic E-state index is 0.255. The molecule has 1 aromatic carbocycles. The van der Waals surface area contributed by atoms with Gasteiger partial charge in [0.1, 0.15) is 0 Å². The molecule has 0 radical (unpaired) electrons. The van der Waals surface area contributed by atoms with Crippen LogP contribution < -0.4 is 5.43 Å². The zero-order chi connectivity index (χ0) is 11.3. The molecule has 82 valence electrons. The Labute approximate surface area is 92.4 Å². The lowest BCUT2D eigenvalue weighted by Crippen LogP contribution is -2.16. The molecule has 1 N–H and O–H groups in total. The van der Waals surface area contributed by atoms with E-state index >= 15 is 0 Å². The predicted molar refractivity (Wildman–Crippen MR) is 66.1 cm³/mol. The van der Waals surface area contributed by atoms with Crippen molar-refractivity contribution < 1.29 is 0 Å². The average Bonchev–Trinajstić information content (AvgIpc) is 2.17. The van der Waals surface area contributed by atoms with E-state index in [0.29, 0.717) is 0 Å². The standard InChI is InChI=1S/C13H20N2/c1-13(2,3)10-12(15-14-4)11-8-6-5-7-9-11/h5-9,14H,10H2,1-4H3/b15-12+. The number of hydrogen-bond donors (Lipinski definition) is 1. The Bertz CT molecular complexity index is 320. The minimum Gasteiger partial charge on any atom is -0.313 e. The highest BCUT2D eigenvalue weighted by atomic mass is 15.3. The van der Waals surface area contributed by atoms with Crippen molar-refractivity contribution in [1.82, 2.24) is 5.43 Å². The summed E-state index contributed by atoms with van der Waals surface area (Å²) in [5.74, 6) is 0. The van der Waals surface area contributed by atoms with Crippen molar-refractivity contribution in [3.8, 4) is 0 Å². The van der Waals surface area contributed by atoms with Crippen molar-refractivity contribution in [3.05, 3.63) is 35.9 Å². The maximum atomic E-state index is 4.35. The summed E-state index contributed by atoms with van der Waals surface area (Å²) >= 11 is 0. The molecular formula is C13H20N2. The topological polar surface area (TPSA) is 24.4 Å². The van der Waals surface area contributed by atoms with E-state index < -0.39 is 0 Å². The van der Waals surface area contributed by atoms with Crippen LogP contribution in [0.1, 0.15) is 32.8 Å². The van der Waals surface area contributed by atoms with Crippen LogP contribution in [0.2, 0.25) is 0 Å². The van der Waals surface area contributed by atoms with E-state index in [0.717, 1.165) is 12.1 Å². The van der Waals surface area contributed by atoms with E-state index in [4.69, 9.17) is 0 Å². The van der Waals surface area contributed by atoms with Gasteiger partial charge in [0.25, 0.3) is 0 Å². The van der Waals surface area contributed by atoms with Gasteiger partial charge in [0.15, 0.2) is 0 Å². The van der Waals surface area contributed by atoms with Gasteiger partial charge in [-0.05, 0) is 17.4 Å². The van der Waals surface area contributed by atoms with Crippen molar-refractivity contribution in [2.24, 2.45) is 10.5 Å². The second kappa shape index (κ2) is 4.96. The Morgan fingerprint density at radius 1 is 1.20 bits per heavy atom. The molecule has 0 aliphatic rings. The summed E-state index contributed by atoms with van der Waals surface area (Å²) < 4.78 is 0. The van der Waals surface area contributed by atoms with Crippen LogP contribution in [0.15, 0.2) is 35.4 Å². The van der Waals surface area contributed by atoms with Crippen LogP contribution in [-0.2, 0) is 0 Å². The zero-order valence-electron chi connectivity index (χ0n) is 10.0. The average molecular weight is 204 g/mol. The summed E-state index contributed by atoms with van der Waals surface area (Å²) in [5.41, 5.74) is 5.44. The fourth-order valence-corrected chi connectivity index (χ4v) is 1.47. The summed E-state index contributed by atoms with van der Waals surface area (Å²) in [4.78, 5) is 0. The van der Waals surface area contributed by atoms with E-state index in [1.807, 2.05) is 25.2 Å². The Kier molecular flexibility index (Phi) is 3.89. The summed E-state index contributed by atoms with van der Waals surface area (Å²) in [7, 11) is 1.84. The fourth-order valence-electron chi connectivity index (χ4n) is 1.47. The first-order valence-electron chi connectivity index (χ1n) is 5.32. The molecule has 0 saturated heterocycles. The summed E-state index contributed by atoms with van der Waals surface area (Å²) in [6.07, 6.45) is 0.970. The molecule has 1 rings (SSSR count). The lowest BCUT2D eigenvalue weighted by molar-refractivity contribution is 0.433. The van der Waals surface area contributed by atoms with Crippen LogP contribution in [0, 0.1) is 5.41 Å². The molecule has 0 saturated carbocycles. The van der Waals surface area contributed by atoms with Crippen LogP contribution in [0.4, 0.5) is 0 Å². The third-order valence-electron chi connectivity index (χ3n) is 2.05. The van der Waals surface area contributed by atoms with Crippen LogP contribution in [0.25, 0.3) is 0 Å². The second-order valence-corrected chi connectivity index (χ2v) is 4.89. The third-order valence-corrected chi connectivity index (χ3v) is 2.05.